The third kappa shape index (κ3) is 4.37. The highest BCUT2D eigenvalue weighted by Gasteiger charge is 2.32. The molecule has 0 unspecified atom stereocenters. The van der Waals surface area contributed by atoms with Crippen LogP contribution in [0, 0.1) is 0 Å². The van der Waals surface area contributed by atoms with E-state index in [0.717, 1.165) is 43.1 Å². The first-order chi connectivity index (χ1) is 17.4. The molecule has 0 fully saturated rings. The number of rotatable bonds is 5. The van der Waals surface area contributed by atoms with Crippen LogP contribution in [0.5, 0.6) is 0 Å². The average molecular weight is 537 g/mol. The highest BCUT2D eigenvalue weighted by molar-refractivity contribution is 8.00. The fraction of sp³-hybridized carbons (Fsp3) is 0.231. The zero-order valence-corrected chi connectivity index (χ0v) is 21.9. The molecule has 1 N–H and O–H groups in total. The number of thiophene rings is 1. The van der Waals surface area contributed by atoms with E-state index in [1.165, 1.54) is 17.3 Å². The number of nitrogens with zero attached hydrogens (tertiary/aromatic N) is 3. The van der Waals surface area contributed by atoms with Gasteiger partial charge in [0.1, 0.15) is 21.9 Å². The van der Waals surface area contributed by atoms with Gasteiger partial charge >= 0.3 is 0 Å². The van der Waals surface area contributed by atoms with Crippen molar-refractivity contribution in [1.82, 2.24) is 15.0 Å². The molecule has 36 heavy (non-hydrogen) atoms. The summed E-state index contributed by atoms with van der Waals surface area (Å²) in [6.45, 7) is 4.65. The predicted octanol–water partition coefficient (Wildman–Crippen LogP) is 6.74. The second kappa shape index (κ2) is 9.15. The first kappa shape index (κ1) is 23.4. The SMILES string of the molecule is CC1(C)Cc2c(c(-c3ccco3)nc3sc4c(SCC(=O)Nc5ccc(Cl)cc5)ncnc4c23)CO1. The van der Waals surface area contributed by atoms with Gasteiger partial charge in [0.2, 0.25) is 5.91 Å². The van der Waals surface area contributed by atoms with Crippen LogP contribution in [0.25, 0.3) is 31.9 Å². The van der Waals surface area contributed by atoms with E-state index in [9.17, 15) is 4.79 Å². The van der Waals surface area contributed by atoms with E-state index >= 15 is 0 Å². The van der Waals surface area contributed by atoms with E-state index in [-0.39, 0.29) is 17.3 Å². The second-order valence-corrected chi connectivity index (χ2v) is 11.5. The van der Waals surface area contributed by atoms with Crippen LogP contribution in [0.15, 0.2) is 58.4 Å². The molecule has 0 aliphatic carbocycles. The van der Waals surface area contributed by atoms with Gasteiger partial charge in [-0.25, -0.2) is 15.0 Å². The zero-order chi connectivity index (χ0) is 24.9. The Bertz CT molecular complexity index is 1600. The van der Waals surface area contributed by atoms with Crippen molar-refractivity contribution in [2.75, 3.05) is 11.1 Å². The number of aromatic nitrogens is 3. The molecule has 1 aliphatic rings. The van der Waals surface area contributed by atoms with Gasteiger partial charge in [-0.2, -0.15) is 0 Å². The zero-order valence-electron chi connectivity index (χ0n) is 19.5. The van der Waals surface area contributed by atoms with Crippen LogP contribution < -0.4 is 5.32 Å². The minimum Gasteiger partial charge on any atom is -0.463 e. The Morgan fingerprint density at radius 2 is 2.03 bits per heavy atom. The van der Waals surface area contributed by atoms with E-state index in [1.807, 2.05) is 12.1 Å². The number of carbonyl (C=O) groups excluding carboxylic acids is 1. The van der Waals surface area contributed by atoms with Gasteiger partial charge < -0.3 is 14.5 Å². The summed E-state index contributed by atoms with van der Waals surface area (Å²) >= 11 is 8.86. The number of hydrogen-bond donors (Lipinski definition) is 1. The van der Waals surface area contributed by atoms with Crippen molar-refractivity contribution in [1.29, 1.82) is 0 Å². The van der Waals surface area contributed by atoms with Crippen LogP contribution >= 0.6 is 34.7 Å². The number of hydrogen-bond acceptors (Lipinski definition) is 8. The Hall–Kier alpha value is -2.98. The summed E-state index contributed by atoms with van der Waals surface area (Å²) in [4.78, 5) is 27.6. The molecular weight excluding hydrogens is 516 g/mol. The highest BCUT2D eigenvalue weighted by Crippen LogP contribution is 2.44. The Morgan fingerprint density at radius 3 is 2.81 bits per heavy atom. The van der Waals surface area contributed by atoms with Gasteiger partial charge in [-0.15, -0.1) is 11.3 Å². The van der Waals surface area contributed by atoms with Crippen molar-refractivity contribution < 1.29 is 13.9 Å². The molecule has 1 aliphatic heterocycles. The standard InChI is InChI=1S/C26H21ClN4O3S2/c1-26(2)10-16-17(11-34-26)21(18-4-3-9-33-18)31-24-20(16)22-23(36-24)25(29-13-28-22)35-12-19(32)30-15-7-5-14(27)6-8-15/h3-9,13H,10-12H2,1-2H3,(H,30,32). The third-order valence-corrected chi connectivity index (χ3v) is 8.47. The Balaban J connectivity index is 1.39. The number of carbonyl (C=O) groups is 1. The summed E-state index contributed by atoms with van der Waals surface area (Å²) in [5, 5.41) is 5.31. The summed E-state index contributed by atoms with van der Waals surface area (Å²) in [6, 6.07) is 10.8. The van der Waals surface area contributed by atoms with Crippen LogP contribution in [0.4, 0.5) is 5.69 Å². The number of furan rings is 1. The smallest absolute Gasteiger partial charge is 0.234 e. The van der Waals surface area contributed by atoms with E-state index in [4.69, 9.17) is 25.7 Å². The largest absolute Gasteiger partial charge is 0.463 e. The molecule has 182 valence electrons. The molecule has 0 spiro atoms. The monoisotopic (exact) mass is 536 g/mol. The molecule has 6 rings (SSSR count). The second-order valence-electron chi connectivity index (χ2n) is 9.10. The number of anilines is 1. The summed E-state index contributed by atoms with van der Waals surface area (Å²) in [6.07, 6.45) is 3.95. The maximum absolute atomic E-state index is 12.6. The Kier molecular flexibility index (Phi) is 5.95. The lowest BCUT2D eigenvalue weighted by Gasteiger charge is -2.32. The molecular formula is C26H21ClN4O3S2. The van der Waals surface area contributed by atoms with Crippen LogP contribution in [0.2, 0.25) is 5.02 Å². The predicted molar refractivity (Wildman–Crippen MR) is 144 cm³/mol. The van der Waals surface area contributed by atoms with Gasteiger partial charge in [0.05, 0.1) is 34.4 Å². The first-order valence-electron chi connectivity index (χ1n) is 11.3. The van der Waals surface area contributed by atoms with Crippen molar-refractivity contribution in [3.63, 3.8) is 0 Å². The maximum Gasteiger partial charge on any atom is 0.234 e. The van der Waals surface area contributed by atoms with Gasteiger partial charge in [-0.3, -0.25) is 4.79 Å². The number of ether oxygens (including phenoxy) is 1. The number of thioether (sulfide) groups is 1. The van der Waals surface area contributed by atoms with Gasteiger partial charge in [0.15, 0.2) is 5.76 Å². The summed E-state index contributed by atoms with van der Waals surface area (Å²) in [5.41, 5.74) is 4.27. The molecule has 5 heterocycles. The highest BCUT2D eigenvalue weighted by atomic mass is 35.5. The molecule has 5 aromatic rings. The molecule has 0 saturated carbocycles. The molecule has 1 amide bonds. The summed E-state index contributed by atoms with van der Waals surface area (Å²) in [7, 11) is 0. The number of pyridine rings is 1. The topological polar surface area (TPSA) is 90.1 Å². The average Bonchev–Trinajstić information content (AvgIpc) is 3.51. The quantitative estimate of drug-likeness (QED) is 0.196. The fourth-order valence-corrected chi connectivity index (χ4v) is 6.53. The molecule has 0 saturated heterocycles. The normalized spacial score (nSPS) is 14.8. The van der Waals surface area contributed by atoms with Gasteiger partial charge in [0.25, 0.3) is 0 Å². The lowest BCUT2D eigenvalue weighted by atomic mass is 9.89. The molecule has 0 atom stereocenters. The Labute approximate surface area is 220 Å². The summed E-state index contributed by atoms with van der Waals surface area (Å²) < 4.78 is 12.8. The van der Waals surface area contributed by atoms with Crippen molar-refractivity contribution in [2.24, 2.45) is 0 Å². The fourth-order valence-electron chi connectivity index (χ4n) is 4.37. The van der Waals surface area contributed by atoms with Crippen molar-refractivity contribution in [3.8, 4) is 11.5 Å². The molecule has 7 nitrogen and oxygen atoms in total. The van der Waals surface area contributed by atoms with Crippen LogP contribution in [0.1, 0.15) is 25.0 Å². The van der Waals surface area contributed by atoms with Crippen LogP contribution in [0.3, 0.4) is 0 Å². The maximum atomic E-state index is 12.6. The molecule has 0 bridgehead atoms. The van der Waals surface area contributed by atoms with E-state index < -0.39 is 0 Å². The molecule has 1 aromatic carbocycles. The van der Waals surface area contributed by atoms with Crippen molar-refractivity contribution in [3.05, 3.63) is 65.1 Å². The van der Waals surface area contributed by atoms with Gasteiger partial charge in [0, 0.05) is 28.1 Å². The van der Waals surface area contributed by atoms with Crippen LogP contribution in [-0.4, -0.2) is 32.2 Å². The molecule has 0 radical (unpaired) electrons. The number of benzene rings is 1. The minimum atomic E-state index is -0.305. The molecule has 10 heteroatoms. The van der Waals surface area contributed by atoms with Crippen molar-refractivity contribution >= 4 is 66.7 Å². The lowest BCUT2D eigenvalue weighted by molar-refractivity contribution is -0.113. The number of halogens is 1. The van der Waals surface area contributed by atoms with Crippen molar-refractivity contribution in [2.45, 2.75) is 37.5 Å². The number of fused-ring (bicyclic) bond motifs is 5. The van der Waals surface area contributed by atoms with E-state index in [2.05, 4.69) is 29.1 Å². The minimum absolute atomic E-state index is 0.121. The van der Waals surface area contributed by atoms with E-state index in [0.29, 0.717) is 23.1 Å². The first-order valence-corrected chi connectivity index (χ1v) is 13.5. The Morgan fingerprint density at radius 1 is 1.19 bits per heavy atom. The number of nitrogens with one attached hydrogen (secondary N) is 1. The van der Waals surface area contributed by atoms with Gasteiger partial charge in [-0.05, 0) is 55.8 Å². The lowest BCUT2D eigenvalue weighted by Crippen LogP contribution is -2.32. The number of amides is 1. The van der Waals surface area contributed by atoms with Crippen LogP contribution in [-0.2, 0) is 22.6 Å². The van der Waals surface area contributed by atoms with E-state index in [1.54, 1.807) is 48.2 Å². The third-order valence-electron chi connectivity index (χ3n) is 6.02. The summed E-state index contributed by atoms with van der Waals surface area (Å²) in [5.74, 6) is 0.811. The van der Waals surface area contributed by atoms with Gasteiger partial charge in [-0.1, -0.05) is 23.4 Å². The molecule has 4 aromatic heterocycles.